The summed E-state index contributed by atoms with van der Waals surface area (Å²) in [5.74, 6) is 0.0144. The largest absolute Gasteiger partial charge is 0.382 e. The molecule has 0 heterocycles. The molecule has 0 aromatic rings. The third-order valence-electron chi connectivity index (χ3n) is 1.70. The number of carbonyl (C=O) groups excluding carboxylic acids is 1. The number of nitrogens with one attached hydrogen (secondary N) is 2. The van der Waals surface area contributed by atoms with E-state index >= 15 is 0 Å². The Balaban J connectivity index is 3.69. The van der Waals surface area contributed by atoms with E-state index in [-0.39, 0.29) is 11.4 Å². The Morgan fingerprint density at radius 3 is 2.57 bits per heavy atom. The average Bonchev–Trinajstić information content (AvgIpc) is 2.03. The number of hydrogen-bond donors (Lipinski definition) is 2. The number of hydrogen-bond acceptors (Lipinski definition) is 3. The van der Waals surface area contributed by atoms with Gasteiger partial charge in [0.05, 0.1) is 18.7 Å². The minimum atomic E-state index is -0.292. The topological polar surface area (TPSA) is 50.4 Å². The molecule has 2 N–H and O–H groups in total. The highest BCUT2D eigenvalue weighted by molar-refractivity contribution is 5.78. The summed E-state index contributed by atoms with van der Waals surface area (Å²) in [6, 6.07) is 0. The highest BCUT2D eigenvalue weighted by atomic mass is 16.5. The van der Waals surface area contributed by atoms with Crippen LogP contribution in [0.2, 0.25) is 0 Å². The molecule has 0 atom stereocenters. The van der Waals surface area contributed by atoms with Crippen molar-refractivity contribution in [2.45, 2.75) is 32.7 Å². The van der Waals surface area contributed by atoms with E-state index in [1.54, 1.807) is 7.11 Å². The first kappa shape index (κ1) is 13.4. The van der Waals surface area contributed by atoms with E-state index in [0.717, 1.165) is 13.0 Å². The quantitative estimate of drug-likeness (QED) is 0.592. The fourth-order valence-electron chi connectivity index (χ4n) is 1.20. The van der Waals surface area contributed by atoms with Gasteiger partial charge in [-0.05, 0) is 26.8 Å². The Kier molecular flexibility index (Phi) is 6.49. The summed E-state index contributed by atoms with van der Waals surface area (Å²) in [6.07, 6.45) is 1.04. The van der Waals surface area contributed by atoms with Crippen molar-refractivity contribution in [1.82, 2.24) is 10.6 Å². The molecular formula is C10H22N2O2. The van der Waals surface area contributed by atoms with Crippen LogP contribution in [-0.4, -0.2) is 38.3 Å². The summed E-state index contributed by atoms with van der Waals surface area (Å²) in [4.78, 5) is 11.4. The Morgan fingerprint density at radius 1 is 1.43 bits per heavy atom. The van der Waals surface area contributed by atoms with Crippen LogP contribution in [0.4, 0.5) is 0 Å². The van der Waals surface area contributed by atoms with Crippen LogP contribution in [0.15, 0.2) is 0 Å². The summed E-state index contributed by atoms with van der Waals surface area (Å²) in [6.45, 7) is 7.72. The molecule has 0 rings (SSSR count). The fraction of sp³-hybridized carbons (Fsp3) is 0.900. The van der Waals surface area contributed by atoms with Gasteiger partial charge in [0.15, 0.2) is 0 Å². The van der Waals surface area contributed by atoms with Crippen LogP contribution < -0.4 is 10.6 Å². The Hall–Kier alpha value is -0.610. The maximum atomic E-state index is 11.4. The number of carbonyl (C=O) groups is 1. The SMILES string of the molecule is CCCNCC(=O)NC(C)(C)COC. The van der Waals surface area contributed by atoms with Crippen LogP contribution in [0.25, 0.3) is 0 Å². The van der Waals surface area contributed by atoms with Gasteiger partial charge in [-0.15, -0.1) is 0 Å². The van der Waals surface area contributed by atoms with Crippen LogP contribution in [0, 0.1) is 0 Å². The molecule has 14 heavy (non-hydrogen) atoms. The second kappa shape index (κ2) is 6.79. The predicted molar refractivity (Wildman–Crippen MR) is 57.3 cm³/mol. The molecule has 0 aliphatic rings. The van der Waals surface area contributed by atoms with E-state index in [9.17, 15) is 4.79 Å². The Bertz CT molecular complexity index is 170. The lowest BCUT2D eigenvalue weighted by molar-refractivity contribution is -0.122. The van der Waals surface area contributed by atoms with Crippen molar-refractivity contribution in [3.63, 3.8) is 0 Å². The lowest BCUT2D eigenvalue weighted by Gasteiger charge is -2.25. The normalized spacial score (nSPS) is 11.4. The number of amides is 1. The smallest absolute Gasteiger partial charge is 0.234 e. The first-order valence-electron chi connectivity index (χ1n) is 5.02. The highest BCUT2D eigenvalue weighted by Crippen LogP contribution is 2.00. The molecule has 84 valence electrons. The average molecular weight is 202 g/mol. The number of methoxy groups -OCH3 is 1. The van der Waals surface area contributed by atoms with Gasteiger partial charge >= 0.3 is 0 Å². The molecule has 0 aliphatic heterocycles. The van der Waals surface area contributed by atoms with Gasteiger partial charge in [-0.1, -0.05) is 6.92 Å². The van der Waals surface area contributed by atoms with Crippen molar-refractivity contribution in [2.75, 3.05) is 26.8 Å². The number of ether oxygens (including phenoxy) is 1. The second-order valence-corrected chi connectivity index (χ2v) is 4.04. The summed E-state index contributed by atoms with van der Waals surface area (Å²) >= 11 is 0. The monoisotopic (exact) mass is 202 g/mol. The van der Waals surface area contributed by atoms with Crippen molar-refractivity contribution in [2.24, 2.45) is 0 Å². The van der Waals surface area contributed by atoms with Crippen molar-refractivity contribution in [3.05, 3.63) is 0 Å². The van der Waals surface area contributed by atoms with Crippen molar-refractivity contribution in [1.29, 1.82) is 0 Å². The molecule has 0 aromatic carbocycles. The van der Waals surface area contributed by atoms with Crippen molar-refractivity contribution < 1.29 is 9.53 Å². The molecule has 4 heteroatoms. The molecule has 0 bridgehead atoms. The molecular weight excluding hydrogens is 180 g/mol. The summed E-state index contributed by atoms with van der Waals surface area (Å²) < 4.78 is 5.00. The maximum Gasteiger partial charge on any atom is 0.234 e. The van der Waals surface area contributed by atoms with Crippen LogP contribution in [0.3, 0.4) is 0 Å². The second-order valence-electron chi connectivity index (χ2n) is 4.04. The standard InChI is InChI=1S/C10H22N2O2/c1-5-6-11-7-9(13)12-10(2,3)8-14-4/h11H,5-8H2,1-4H3,(H,12,13). The molecule has 0 unspecified atom stereocenters. The van der Waals surface area contributed by atoms with Gasteiger partial charge < -0.3 is 15.4 Å². The van der Waals surface area contributed by atoms with Crippen LogP contribution >= 0.6 is 0 Å². The summed E-state index contributed by atoms with van der Waals surface area (Å²) in [5.41, 5.74) is -0.292. The zero-order valence-electron chi connectivity index (χ0n) is 9.64. The maximum absolute atomic E-state index is 11.4. The van der Waals surface area contributed by atoms with E-state index < -0.39 is 0 Å². The van der Waals surface area contributed by atoms with E-state index in [1.807, 2.05) is 13.8 Å². The minimum absolute atomic E-state index is 0.0144. The highest BCUT2D eigenvalue weighted by Gasteiger charge is 2.19. The molecule has 0 spiro atoms. The number of rotatable bonds is 7. The van der Waals surface area contributed by atoms with E-state index in [2.05, 4.69) is 17.6 Å². The van der Waals surface area contributed by atoms with Crippen molar-refractivity contribution >= 4 is 5.91 Å². The summed E-state index contributed by atoms with van der Waals surface area (Å²) in [7, 11) is 1.63. The zero-order chi connectivity index (χ0) is 11.0. The van der Waals surface area contributed by atoms with Gasteiger partial charge in [-0.3, -0.25) is 4.79 Å². The van der Waals surface area contributed by atoms with Gasteiger partial charge in [0.1, 0.15) is 0 Å². The lowest BCUT2D eigenvalue weighted by atomic mass is 10.1. The lowest BCUT2D eigenvalue weighted by Crippen LogP contribution is -2.49. The molecule has 0 fully saturated rings. The summed E-state index contributed by atoms with van der Waals surface area (Å²) in [5, 5.41) is 5.94. The predicted octanol–water partition coefficient (Wildman–Crippen LogP) is 0.527. The first-order valence-corrected chi connectivity index (χ1v) is 5.02. The molecule has 0 aromatic heterocycles. The molecule has 0 saturated heterocycles. The molecule has 0 aliphatic carbocycles. The minimum Gasteiger partial charge on any atom is -0.382 e. The molecule has 4 nitrogen and oxygen atoms in total. The van der Waals surface area contributed by atoms with Gasteiger partial charge in [-0.2, -0.15) is 0 Å². The first-order chi connectivity index (χ1) is 6.52. The van der Waals surface area contributed by atoms with Crippen LogP contribution in [0.5, 0.6) is 0 Å². The van der Waals surface area contributed by atoms with Crippen LogP contribution in [-0.2, 0) is 9.53 Å². The Morgan fingerprint density at radius 2 is 2.07 bits per heavy atom. The molecule has 0 saturated carbocycles. The Labute approximate surface area is 86.4 Å². The van der Waals surface area contributed by atoms with Crippen LogP contribution in [0.1, 0.15) is 27.2 Å². The molecule has 0 radical (unpaired) electrons. The zero-order valence-corrected chi connectivity index (χ0v) is 9.64. The van der Waals surface area contributed by atoms with Gasteiger partial charge in [0.25, 0.3) is 0 Å². The van der Waals surface area contributed by atoms with Gasteiger partial charge in [0.2, 0.25) is 5.91 Å². The fourth-order valence-corrected chi connectivity index (χ4v) is 1.20. The molecule has 1 amide bonds. The third kappa shape index (κ3) is 6.86. The van der Waals surface area contributed by atoms with E-state index in [1.165, 1.54) is 0 Å². The van der Waals surface area contributed by atoms with Crippen molar-refractivity contribution in [3.8, 4) is 0 Å². The van der Waals surface area contributed by atoms with E-state index in [4.69, 9.17) is 4.74 Å². The third-order valence-corrected chi connectivity index (χ3v) is 1.70. The van der Waals surface area contributed by atoms with Gasteiger partial charge in [-0.25, -0.2) is 0 Å². The van der Waals surface area contributed by atoms with Gasteiger partial charge in [0, 0.05) is 7.11 Å². The van der Waals surface area contributed by atoms with E-state index in [0.29, 0.717) is 13.2 Å².